The van der Waals surface area contributed by atoms with Crippen molar-refractivity contribution in [3.05, 3.63) is 59.0 Å². The van der Waals surface area contributed by atoms with E-state index in [1.54, 1.807) is 48.5 Å². The summed E-state index contributed by atoms with van der Waals surface area (Å²) in [5.74, 6) is -1.43. The Balaban J connectivity index is 2.32. The fourth-order valence-electron chi connectivity index (χ4n) is 4.12. The van der Waals surface area contributed by atoms with E-state index in [4.69, 9.17) is 9.47 Å². The topological polar surface area (TPSA) is 100 Å². The number of rotatable bonds is 8. The Bertz CT molecular complexity index is 1380. The first-order chi connectivity index (χ1) is 16.6. The lowest BCUT2D eigenvalue weighted by atomic mass is 9.93. The Labute approximate surface area is 198 Å². The van der Waals surface area contributed by atoms with Crippen LogP contribution in [0.25, 0.3) is 32.7 Å². The van der Waals surface area contributed by atoms with Crippen LogP contribution in [0.3, 0.4) is 0 Å². The fourth-order valence-corrected chi connectivity index (χ4v) is 4.12. The van der Waals surface area contributed by atoms with Crippen LogP contribution in [-0.2, 0) is 19.1 Å². The molecule has 0 unspecified atom stereocenters. The van der Waals surface area contributed by atoms with Crippen molar-refractivity contribution in [3.8, 4) is 12.1 Å². The van der Waals surface area contributed by atoms with E-state index in [0.29, 0.717) is 32.0 Å². The first kappa shape index (κ1) is 24.5. The number of nitriles is 2. The summed E-state index contributed by atoms with van der Waals surface area (Å²) < 4.78 is 10.3. The molecule has 0 aliphatic carbocycles. The van der Waals surface area contributed by atoms with E-state index in [-0.39, 0.29) is 17.8 Å². The van der Waals surface area contributed by atoms with Gasteiger partial charge in [-0.15, -0.1) is 0 Å². The van der Waals surface area contributed by atoms with Crippen molar-refractivity contribution < 1.29 is 19.1 Å². The Morgan fingerprint density at radius 1 is 0.735 bits per heavy atom. The number of esters is 2. The first-order valence-electron chi connectivity index (χ1n) is 11.3. The van der Waals surface area contributed by atoms with Crippen molar-refractivity contribution in [2.24, 2.45) is 0 Å². The monoisotopic (exact) mass is 454 g/mol. The van der Waals surface area contributed by atoms with Crippen LogP contribution in [0.15, 0.2) is 48.5 Å². The lowest BCUT2D eigenvalue weighted by Gasteiger charge is -2.10. The molecule has 0 radical (unpaired) electrons. The highest BCUT2D eigenvalue weighted by Gasteiger charge is 2.19. The van der Waals surface area contributed by atoms with Crippen LogP contribution in [0, 0.1) is 22.7 Å². The van der Waals surface area contributed by atoms with Gasteiger partial charge in [-0.2, -0.15) is 10.5 Å². The molecule has 34 heavy (non-hydrogen) atoms. The summed E-state index contributed by atoms with van der Waals surface area (Å²) in [6, 6.07) is 18.2. The molecule has 0 aliphatic rings. The molecule has 0 fully saturated rings. The summed E-state index contributed by atoms with van der Waals surface area (Å²) in [7, 11) is 1.22. The maximum atomic E-state index is 13.0. The largest absolute Gasteiger partial charge is 0.465 e. The molecular weight excluding hydrogens is 428 g/mol. The molecule has 6 nitrogen and oxygen atoms in total. The van der Waals surface area contributed by atoms with Crippen molar-refractivity contribution in [1.29, 1.82) is 10.5 Å². The van der Waals surface area contributed by atoms with Gasteiger partial charge in [-0.25, -0.2) is 9.59 Å². The van der Waals surface area contributed by atoms with Crippen LogP contribution < -0.4 is 10.4 Å². The zero-order valence-electron chi connectivity index (χ0n) is 19.4. The average molecular weight is 455 g/mol. The molecule has 3 rings (SSSR count). The molecule has 0 spiro atoms. The second-order valence-electron chi connectivity index (χ2n) is 7.86. The van der Waals surface area contributed by atoms with Gasteiger partial charge in [-0.1, -0.05) is 81.1 Å². The molecule has 0 amide bonds. The molecule has 3 aromatic rings. The predicted octanol–water partition coefficient (Wildman–Crippen LogP) is 4.03. The van der Waals surface area contributed by atoms with E-state index in [1.807, 2.05) is 12.1 Å². The van der Waals surface area contributed by atoms with Crippen molar-refractivity contribution in [2.45, 2.75) is 39.0 Å². The Morgan fingerprint density at radius 3 is 1.59 bits per heavy atom. The zero-order chi connectivity index (χ0) is 24.5. The number of carbonyl (C=O) groups is 2. The highest BCUT2D eigenvalue weighted by molar-refractivity contribution is 6.22. The molecule has 0 saturated heterocycles. The number of unbranched alkanes of at least 4 members (excludes halogenated alkanes) is 4. The van der Waals surface area contributed by atoms with E-state index < -0.39 is 11.9 Å². The minimum absolute atomic E-state index is 0.107. The molecule has 0 aromatic heterocycles. The Morgan fingerprint density at radius 2 is 1.18 bits per heavy atom. The van der Waals surface area contributed by atoms with Gasteiger partial charge in [-0.3, -0.25) is 0 Å². The van der Waals surface area contributed by atoms with Gasteiger partial charge in [0.2, 0.25) is 0 Å². The third kappa shape index (κ3) is 4.92. The Hall–Kier alpha value is -4.16. The fraction of sp³-hybridized carbons (Fsp3) is 0.286. The van der Waals surface area contributed by atoms with Crippen molar-refractivity contribution in [2.75, 3.05) is 13.7 Å². The molecule has 0 bridgehead atoms. The summed E-state index contributed by atoms with van der Waals surface area (Å²) in [5, 5.41) is 22.9. The van der Waals surface area contributed by atoms with Gasteiger partial charge < -0.3 is 9.47 Å². The number of ether oxygens (including phenoxy) is 2. The first-order valence-corrected chi connectivity index (χ1v) is 11.3. The summed E-state index contributed by atoms with van der Waals surface area (Å²) in [5.41, 5.74) is -0.251. The van der Waals surface area contributed by atoms with Crippen molar-refractivity contribution >= 4 is 44.6 Å². The van der Waals surface area contributed by atoms with Crippen LogP contribution >= 0.6 is 0 Å². The number of hydrogen-bond acceptors (Lipinski definition) is 6. The minimum atomic E-state index is -0.752. The van der Waals surface area contributed by atoms with Crippen molar-refractivity contribution in [3.63, 3.8) is 0 Å². The molecule has 0 N–H and O–H groups in total. The summed E-state index contributed by atoms with van der Waals surface area (Å²) >= 11 is 0. The maximum Gasteiger partial charge on any atom is 0.349 e. The van der Waals surface area contributed by atoms with Gasteiger partial charge >= 0.3 is 11.9 Å². The van der Waals surface area contributed by atoms with Gasteiger partial charge in [0.05, 0.1) is 13.7 Å². The van der Waals surface area contributed by atoms with Crippen LogP contribution in [0.2, 0.25) is 0 Å². The predicted molar refractivity (Wildman–Crippen MR) is 130 cm³/mol. The van der Waals surface area contributed by atoms with Crippen LogP contribution in [0.5, 0.6) is 0 Å². The van der Waals surface area contributed by atoms with E-state index in [9.17, 15) is 20.1 Å². The zero-order valence-corrected chi connectivity index (χ0v) is 19.4. The van der Waals surface area contributed by atoms with E-state index in [2.05, 4.69) is 6.92 Å². The van der Waals surface area contributed by atoms with Crippen LogP contribution in [0.1, 0.15) is 39.0 Å². The van der Waals surface area contributed by atoms with Gasteiger partial charge in [0.25, 0.3) is 0 Å². The molecule has 0 saturated carbocycles. The number of benzene rings is 3. The lowest BCUT2D eigenvalue weighted by molar-refractivity contribution is -0.136. The molecule has 3 aromatic carbocycles. The van der Waals surface area contributed by atoms with Crippen molar-refractivity contribution in [1.82, 2.24) is 0 Å². The quantitative estimate of drug-likeness (QED) is 0.289. The molecule has 6 heteroatoms. The number of nitrogens with zero attached hydrogens (tertiary/aromatic N) is 2. The number of carbonyl (C=O) groups excluding carboxylic acids is 2. The third-order valence-electron chi connectivity index (χ3n) is 5.73. The highest BCUT2D eigenvalue weighted by Crippen LogP contribution is 2.17. The molecular formula is C28H26N2O4. The van der Waals surface area contributed by atoms with Gasteiger partial charge in [0.15, 0.2) is 0 Å². The second kappa shape index (κ2) is 11.6. The van der Waals surface area contributed by atoms with Gasteiger partial charge in [0.1, 0.15) is 23.3 Å². The van der Waals surface area contributed by atoms with Gasteiger partial charge in [-0.05, 0) is 28.0 Å². The van der Waals surface area contributed by atoms with Crippen LogP contribution in [0.4, 0.5) is 0 Å². The standard InChI is InChI=1S/C28H26N2O4/c1-3-4-5-6-11-16-34-28(32)24(18-30)26-21-14-9-7-12-19(21)25(23(17-29)27(31)33-2)20-13-8-10-15-22(20)26/h7-10,12-15H,3-6,11,16H2,1-2H3. The third-order valence-corrected chi connectivity index (χ3v) is 5.73. The highest BCUT2D eigenvalue weighted by atomic mass is 16.5. The lowest BCUT2D eigenvalue weighted by Crippen LogP contribution is -2.24. The molecule has 0 atom stereocenters. The second-order valence-corrected chi connectivity index (χ2v) is 7.86. The number of hydrogen-bond donors (Lipinski definition) is 0. The number of fused-ring (bicyclic) bond motifs is 2. The summed E-state index contributed by atoms with van der Waals surface area (Å²) in [4.78, 5) is 25.4. The number of methoxy groups -OCH3 is 1. The molecule has 0 aliphatic heterocycles. The maximum absolute atomic E-state index is 13.0. The summed E-state index contributed by atoms with van der Waals surface area (Å²) in [6.45, 7) is 2.38. The molecule has 0 heterocycles. The minimum Gasteiger partial charge on any atom is -0.465 e. The van der Waals surface area contributed by atoms with E-state index in [1.165, 1.54) is 7.11 Å². The average Bonchev–Trinajstić information content (AvgIpc) is 2.87. The SMILES string of the molecule is CCCCCCCOC(=O)C(C#N)=c1c2ccccc2c(=C(C#N)C(=O)OC)c2ccccc12. The van der Waals surface area contributed by atoms with E-state index in [0.717, 1.165) is 32.1 Å². The van der Waals surface area contributed by atoms with Crippen LogP contribution in [-0.4, -0.2) is 25.7 Å². The smallest absolute Gasteiger partial charge is 0.349 e. The van der Waals surface area contributed by atoms with E-state index >= 15 is 0 Å². The summed E-state index contributed by atoms with van der Waals surface area (Å²) in [6.07, 6.45) is 5.05. The van der Waals surface area contributed by atoms with Gasteiger partial charge in [0, 0.05) is 10.4 Å². The molecule has 172 valence electrons. The Kier molecular flexibility index (Phi) is 8.37. The normalized spacial score (nSPS) is 10.4.